The van der Waals surface area contributed by atoms with Gasteiger partial charge in [0.25, 0.3) is 0 Å². The van der Waals surface area contributed by atoms with Gasteiger partial charge in [0.2, 0.25) is 0 Å². The van der Waals surface area contributed by atoms with Crippen molar-refractivity contribution in [1.82, 2.24) is 0 Å². The Morgan fingerprint density at radius 2 is 0.765 bits per heavy atom. The average Bonchev–Trinajstić information content (AvgIpc) is 2.98. The van der Waals surface area contributed by atoms with Gasteiger partial charge in [-0.1, -0.05) is 13.8 Å². The van der Waals surface area contributed by atoms with Crippen molar-refractivity contribution in [2.24, 2.45) is 0 Å². The first-order valence-corrected chi connectivity index (χ1v) is 4.97. The SMILES string of the molecule is C[O-].C[O-].C[c-]1cccc1.C[c-]1cccc1.[Ti+4]. The summed E-state index contributed by atoms with van der Waals surface area (Å²) in [5.41, 5.74) is 2.69. The molecule has 92 valence electrons. The van der Waals surface area contributed by atoms with Gasteiger partial charge < -0.3 is 10.2 Å². The molecule has 0 spiro atoms. The van der Waals surface area contributed by atoms with Gasteiger partial charge in [-0.3, -0.25) is 0 Å². The molecule has 0 amide bonds. The summed E-state index contributed by atoms with van der Waals surface area (Å²) in [4.78, 5) is 0. The molecule has 2 rings (SSSR count). The third kappa shape index (κ3) is 15.3. The van der Waals surface area contributed by atoms with Crippen molar-refractivity contribution in [2.45, 2.75) is 13.8 Å². The minimum atomic E-state index is 0. The second kappa shape index (κ2) is 17.7. The van der Waals surface area contributed by atoms with Crippen molar-refractivity contribution in [2.75, 3.05) is 14.2 Å². The largest absolute Gasteiger partial charge is 4.00 e. The molecule has 17 heavy (non-hydrogen) atoms. The molecule has 2 nitrogen and oxygen atoms in total. The molecule has 0 saturated heterocycles. The summed E-state index contributed by atoms with van der Waals surface area (Å²) in [6, 6.07) is 16.5. The standard InChI is InChI=1S/2C6H7.2CH3O.Ti/c2*1-6-4-2-3-5-6;2*1-2;/h2*2-5H,1H3;2*1H3;/q4*-1;+4. The minimum Gasteiger partial charge on any atom is -0.857 e. The summed E-state index contributed by atoms with van der Waals surface area (Å²) in [6.45, 7) is 4.17. The van der Waals surface area contributed by atoms with E-state index in [1.807, 2.05) is 24.3 Å². The molecule has 0 aliphatic rings. The molecule has 0 unspecified atom stereocenters. The molecule has 0 bridgehead atoms. The van der Waals surface area contributed by atoms with Crippen molar-refractivity contribution < 1.29 is 31.9 Å². The van der Waals surface area contributed by atoms with Crippen molar-refractivity contribution in [3.8, 4) is 0 Å². The van der Waals surface area contributed by atoms with E-state index >= 15 is 0 Å². The molecule has 0 radical (unpaired) electrons. The quantitative estimate of drug-likeness (QED) is 0.535. The average molecular weight is 268 g/mol. The first-order valence-electron chi connectivity index (χ1n) is 4.97. The Kier molecular flexibility index (Phi) is 22.5. The van der Waals surface area contributed by atoms with Gasteiger partial charge in [-0.2, -0.15) is 49.6 Å². The molecule has 0 N–H and O–H groups in total. The summed E-state index contributed by atoms with van der Waals surface area (Å²) < 4.78 is 0. The van der Waals surface area contributed by atoms with Crippen molar-refractivity contribution >= 4 is 0 Å². The van der Waals surface area contributed by atoms with Gasteiger partial charge in [0.1, 0.15) is 0 Å². The Hall–Kier alpha value is -0.666. The maximum absolute atomic E-state index is 8.25. The Balaban J connectivity index is -0.000000171. The molecule has 2 aromatic carbocycles. The van der Waals surface area contributed by atoms with Gasteiger partial charge >= 0.3 is 21.7 Å². The van der Waals surface area contributed by atoms with Gasteiger partial charge in [-0.25, -0.2) is 24.3 Å². The van der Waals surface area contributed by atoms with Crippen molar-refractivity contribution in [3.05, 3.63) is 59.7 Å². The van der Waals surface area contributed by atoms with Gasteiger partial charge in [0.05, 0.1) is 0 Å². The number of rotatable bonds is 0. The summed E-state index contributed by atoms with van der Waals surface area (Å²) in [5, 5.41) is 16.5. The second-order valence-electron chi connectivity index (χ2n) is 2.92. The van der Waals surface area contributed by atoms with Crippen molar-refractivity contribution in [3.63, 3.8) is 0 Å². The van der Waals surface area contributed by atoms with Crippen LogP contribution >= 0.6 is 0 Å². The first kappa shape index (κ1) is 21.6. The molecule has 0 aliphatic carbocycles. The molecular formula is C14H20O2Ti. The monoisotopic (exact) mass is 268 g/mol. The maximum atomic E-state index is 8.25. The zero-order valence-corrected chi connectivity index (χ0v) is 12.5. The van der Waals surface area contributed by atoms with E-state index in [-0.39, 0.29) is 21.7 Å². The van der Waals surface area contributed by atoms with Crippen LogP contribution in [0, 0.1) is 13.8 Å². The van der Waals surface area contributed by atoms with Gasteiger partial charge in [0.15, 0.2) is 0 Å². The van der Waals surface area contributed by atoms with E-state index < -0.39 is 0 Å². The van der Waals surface area contributed by atoms with Crippen LogP contribution in [0.15, 0.2) is 48.5 Å². The minimum absolute atomic E-state index is 0. The Morgan fingerprint density at radius 3 is 0.824 bits per heavy atom. The topological polar surface area (TPSA) is 46.1 Å². The van der Waals surface area contributed by atoms with Crippen LogP contribution < -0.4 is 10.2 Å². The molecule has 0 saturated carbocycles. The normalized spacial score (nSPS) is 6.94. The van der Waals surface area contributed by atoms with E-state index in [1.54, 1.807) is 0 Å². The van der Waals surface area contributed by atoms with E-state index in [1.165, 1.54) is 11.1 Å². The van der Waals surface area contributed by atoms with Crippen LogP contribution in [0.2, 0.25) is 0 Å². The third-order valence-electron chi connectivity index (χ3n) is 1.66. The summed E-state index contributed by atoms with van der Waals surface area (Å²) in [6.07, 6.45) is 0. The molecule has 0 fully saturated rings. The van der Waals surface area contributed by atoms with Crippen LogP contribution in [0.5, 0.6) is 0 Å². The summed E-state index contributed by atoms with van der Waals surface area (Å²) >= 11 is 0. The number of hydrogen-bond donors (Lipinski definition) is 0. The fourth-order valence-electron chi connectivity index (χ4n) is 0.940. The smallest absolute Gasteiger partial charge is 0.857 e. The number of hydrogen-bond acceptors (Lipinski definition) is 2. The van der Waals surface area contributed by atoms with Crippen molar-refractivity contribution in [1.29, 1.82) is 0 Å². The molecule has 0 aromatic heterocycles. The predicted molar refractivity (Wildman–Crippen MR) is 65.4 cm³/mol. The molecule has 2 aromatic rings. The summed E-state index contributed by atoms with van der Waals surface area (Å²) in [7, 11) is 1.50. The fourth-order valence-corrected chi connectivity index (χ4v) is 0.940. The zero-order chi connectivity index (χ0) is 12.8. The molecule has 3 heteroatoms. The number of aryl methyl sites for hydroxylation is 2. The maximum Gasteiger partial charge on any atom is 4.00 e. The Bertz CT molecular complexity index is 254. The zero-order valence-electron chi connectivity index (χ0n) is 10.9. The molecule has 0 aliphatic heterocycles. The van der Waals surface area contributed by atoms with E-state index in [0.717, 1.165) is 14.2 Å². The van der Waals surface area contributed by atoms with E-state index in [4.69, 9.17) is 10.2 Å². The first-order chi connectivity index (χ1) is 7.79. The van der Waals surface area contributed by atoms with Gasteiger partial charge in [0, 0.05) is 0 Å². The molecule has 0 atom stereocenters. The third-order valence-corrected chi connectivity index (χ3v) is 1.66. The van der Waals surface area contributed by atoms with Crippen LogP contribution in [0.4, 0.5) is 0 Å². The van der Waals surface area contributed by atoms with Crippen LogP contribution in [-0.4, -0.2) is 14.2 Å². The van der Waals surface area contributed by atoms with E-state index in [2.05, 4.69) is 38.1 Å². The Labute approximate surface area is 120 Å². The predicted octanol–water partition coefficient (Wildman–Crippen LogP) is 1.38. The van der Waals surface area contributed by atoms with Crippen LogP contribution in [0.25, 0.3) is 0 Å². The Morgan fingerprint density at radius 1 is 0.588 bits per heavy atom. The van der Waals surface area contributed by atoms with E-state index in [9.17, 15) is 0 Å². The van der Waals surface area contributed by atoms with Crippen LogP contribution in [-0.2, 0) is 21.7 Å². The van der Waals surface area contributed by atoms with Crippen LogP contribution in [0.1, 0.15) is 11.1 Å². The fraction of sp³-hybridized carbons (Fsp3) is 0.286. The summed E-state index contributed by atoms with van der Waals surface area (Å²) in [5.74, 6) is 0. The second-order valence-corrected chi connectivity index (χ2v) is 2.92. The molecule has 0 heterocycles. The van der Waals surface area contributed by atoms with E-state index in [0.29, 0.717) is 0 Å². The molecular weight excluding hydrogens is 248 g/mol. The van der Waals surface area contributed by atoms with Crippen LogP contribution in [0.3, 0.4) is 0 Å². The van der Waals surface area contributed by atoms with Gasteiger partial charge in [-0.05, 0) is 0 Å². The van der Waals surface area contributed by atoms with Gasteiger partial charge in [-0.15, -0.1) is 0 Å².